The van der Waals surface area contributed by atoms with Crippen molar-refractivity contribution < 1.29 is 28.2 Å². The third-order valence-corrected chi connectivity index (χ3v) is 8.85. The Labute approximate surface area is 235 Å². The summed E-state index contributed by atoms with van der Waals surface area (Å²) in [5, 5.41) is 13.2. The standard InChI is InChI=1S/C26H23ClF2N4O4S2/c1-37-15-9-21(25-30-11-16(38-25)3-5-24(35)36)33(12-15)23(34)7-13-6-17(27)19(10-18(13)29)31-26-32-20-8-14(28)2-4-22(20)39-26/h2,4,6,8,10-11,15,21H,3,5,7,9,12H2,1H3,(H,31,32)(H,35,36)/t15-,21-/m0/s1. The lowest BCUT2D eigenvalue weighted by atomic mass is 10.1. The van der Waals surface area contributed by atoms with Crippen LogP contribution in [0.4, 0.5) is 19.6 Å². The van der Waals surface area contributed by atoms with Crippen molar-refractivity contribution in [2.45, 2.75) is 37.8 Å². The van der Waals surface area contributed by atoms with Crippen molar-refractivity contribution in [1.82, 2.24) is 14.9 Å². The number of rotatable bonds is 9. The van der Waals surface area contributed by atoms with Gasteiger partial charge in [-0.1, -0.05) is 22.9 Å². The number of amides is 1. The van der Waals surface area contributed by atoms with Gasteiger partial charge in [-0.15, -0.1) is 11.3 Å². The number of aromatic nitrogens is 2. The number of hydrogen-bond acceptors (Lipinski definition) is 8. The van der Waals surface area contributed by atoms with Crippen molar-refractivity contribution in [3.63, 3.8) is 0 Å². The van der Waals surface area contributed by atoms with Crippen molar-refractivity contribution in [2.75, 3.05) is 19.0 Å². The molecule has 0 spiro atoms. The molecule has 0 radical (unpaired) electrons. The normalized spacial score (nSPS) is 17.2. The highest BCUT2D eigenvalue weighted by Crippen LogP contribution is 2.37. The Balaban J connectivity index is 1.31. The highest BCUT2D eigenvalue weighted by Gasteiger charge is 2.38. The number of ether oxygens (including phenoxy) is 1. The third kappa shape index (κ3) is 6.19. The number of carbonyl (C=O) groups excluding carboxylic acids is 1. The van der Waals surface area contributed by atoms with Crippen molar-refractivity contribution in [3.8, 4) is 0 Å². The van der Waals surface area contributed by atoms with Crippen LogP contribution in [0.15, 0.2) is 36.5 Å². The average Bonchev–Trinajstić information content (AvgIpc) is 3.63. The zero-order chi connectivity index (χ0) is 27.7. The van der Waals surface area contributed by atoms with Crippen LogP contribution in [0.5, 0.6) is 0 Å². The second-order valence-electron chi connectivity index (χ2n) is 9.07. The highest BCUT2D eigenvalue weighted by molar-refractivity contribution is 7.22. The number of aryl methyl sites for hydroxylation is 1. The molecule has 2 atom stereocenters. The Bertz CT molecular complexity index is 1550. The second-order valence-corrected chi connectivity index (χ2v) is 11.7. The lowest BCUT2D eigenvalue weighted by Crippen LogP contribution is -2.33. The fourth-order valence-electron chi connectivity index (χ4n) is 4.45. The maximum atomic E-state index is 15.1. The number of methoxy groups -OCH3 is 1. The van der Waals surface area contributed by atoms with E-state index < -0.39 is 17.6 Å². The molecule has 1 amide bonds. The molecule has 2 N–H and O–H groups in total. The molecule has 13 heteroatoms. The number of nitrogens with one attached hydrogen (secondary N) is 1. The number of aliphatic carboxylic acids is 1. The number of hydrogen-bond donors (Lipinski definition) is 2. The van der Waals surface area contributed by atoms with Gasteiger partial charge in [0.1, 0.15) is 16.6 Å². The van der Waals surface area contributed by atoms with Gasteiger partial charge < -0.3 is 20.1 Å². The molecular formula is C26H23ClF2N4O4S2. The number of nitrogens with zero attached hydrogens (tertiary/aromatic N) is 3. The van der Waals surface area contributed by atoms with E-state index in [2.05, 4.69) is 15.3 Å². The van der Waals surface area contributed by atoms with Gasteiger partial charge in [-0.05, 0) is 36.2 Å². The minimum atomic E-state index is -0.889. The van der Waals surface area contributed by atoms with Crippen LogP contribution in [-0.4, -0.2) is 51.6 Å². The zero-order valence-electron chi connectivity index (χ0n) is 20.6. The van der Waals surface area contributed by atoms with E-state index in [0.29, 0.717) is 35.0 Å². The number of carboxylic acids is 1. The minimum absolute atomic E-state index is 0.00194. The van der Waals surface area contributed by atoms with E-state index in [0.717, 1.165) is 9.58 Å². The number of likely N-dealkylation sites (tertiary alicyclic amines) is 1. The number of carbonyl (C=O) groups is 2. The summed E-state index contributed by atoms with van der Waals surface area (Å²) in [6.45, 7) is 0.331. The van der Waals surface area contributed by atoms with Gasteiger partial charge in [-0.2, -0.15) is 0 Å². The van der Waals surface area contributed by atoms with Gasteiger partial charge in [0.2, 0.25) is 5.91 Å². The molecular weight excluding hydrogens is 570 g/mol. The molecule has 0 saturated carbocycles. The fraction of sp³-hybridized carbons (Fsp3) is 0.308. The molecule has 8 nitrogen and oxygen atoms in total. The molecule has 1 fully saturated rings. The fourth-order valence-corrected chi connectivity index (χ4v) is 6.59. The molecule has 39 heavy (non-hydrogen) atoms. The van der Waals surface area contributed by atoms with E-state index in [1.807, 2.05) is 0 Å². The summed E-state index contributed by atoms with van der Waals surface area (Å²) in [4.78, 5) is 35.5. The number of fused-ring (bicyclic) bond motifs is 1. The van der Waals surface area contributed by atoms with Crippen LogP contribution in [0, 0.1) is 11.6 Å². The van der Waals surface area contributed by atoms with Crippen molar-refractivity contribution in [2.24, 2.45) is 0 Å². The lowest BCUT2D eigenvalue weighted by molar-refractivity contribution is -0.137. The van der Waals surface area contributed by atoms with Gasteiger partial charge >= 0.3 is 5.97 Å². The first kappa shape index (κ1) is 27.4. The van der Waals surface area contributed by atoms with E-state index in [1.165, 1.54) is 46.9 Å². The quantitative estimate of drug-likeness (QED) is 0.246. The number of anilines is 2. The smallest absolute Gasteiger partial charge is 0.303 e. The van der Waals surface area contributed by atoms with Gasteiger partial charge in [0.25, 0.3) is 0 Å². The van der Waals surface area contributed by atoms with Crippen LogP contribution in [-0.2, 0) is 27.2 Å². The van der Waals surface area contributed by atoms with Crippen molar-refractivity contribution in [1.29, 1.82) is 0 Å². The minimum Gasteiger partial charge on any atom is -0.481 e. The zero-order valence-corrected chi connectivity index (χ0v) is 23.0. The molecule has 1 aliphatic rings. The molecule has 1 aliphatic heterocycles. The molecule has 2 aromatic carbocycles. The Morgan fingerprint density at radius 1 is 1.26 bits per heavy atom. The number of benzene rings is 2. The van der Waals surface area contributed by atoms with E-state index >= 15 is 4.39 Å². The number of halogens is 3. The van der Waals surface area contributed by atoms with Crippen LogP contribution in [0.3, 0.4) is 0 Å². The van der Waals surface area contributed by atoms with Crippen LogP contribution < -0.4 is 5.32 Å². The first-order chi connectivity index (χ1) is 18.7. The molecule has 0 aliphatic carbocycles. The Hall–Kier alpha value is -3.19. The SMILES string of the molecule is CO[C@H]1C[C@@H](c2ncc(CCC(=O)O)s2)N(C(=O)Cc2cc(Cl)c(Nc3nc4cc(F)ccc4s3)cc2F)C1. The Kier molecular flexibility index (Phi) is 8.08. The van der Waals surface area contributed by atoms with E-state index in [1.54, 1.807) is 24.3 Å². The Morgan fingerprint density at radius 3 is 2.85 bits per heavy atom. The van der Waals surface area contributed by atoms with Gasteiger partial charge in [-0.25, -0.2) is 18.7 Å². The van der Waals surface area contributed by atoms with E-state index in [4.69, 9.17) is 21.4 Å². The molecule has 3 heterocycles. The summed E-state index contributed by atoms with van der Waals surface area (Å²) in [6.07, 6.45) is 2.12. The van der Waals surface area contributed by atoms with Crippen LogP contribution in [0.25, 0.3) is 10.2 Å². The first-order valence-electron chi connectivity index (χ1n) is 12.0. The van der Waals surface area contributed by atoms with Gasteiger partial charge in [0.15, 0.2) is 5.13 Å². The molecule has 5 rings (SSSR count). The van der Waals surface area contributed by atoms with Gasteiger partial charge in [-0.3, -0.25) is 9.59 Å². The topological polar surface area (TPSA) is 105 Å². The number of carboxylic acid groups (broad SMARTS) is 1. The molecule has 2 aromatic heterocycles. The monoisotopic (exact) mass is 592 g/mol. The van der Waals surface area contributed by atoms with E-state index in [-0.39, 0.29) is 47.2 Å². The molecule has 0 bridgehead atoms. The Morgan fingerprint density at radius 2 is 2.08 bits per heavy atom. The average molecular weight is 593 g/mol. The predicted octanol–water partition coefficient (Wildman–Crippen LogP) is 5.98. The van der Waals surface area contributed by atoms with Crippen molar-refractivity contribution >= 4 is 67.2 Å². The summed E-state index contributed by atoms with van der Waals surface area (Å²) in [7, 11) is 1.57. The molecule has 1 saturated heterocycles. The van der Waals surface area contributed by atoms with Crippen LogP contribution in [0.1, 0.15) is 34.3 Å². The molecule has 0 unspecified atom stereocenters. The summed E-state index contributed by atoms with van der Waals surface area (Å²) < 4.78 is 34.9. The largest absolute Gasteiger partial charge is 0.481 e. The molecule has 4 aromatic rings. The summed E-state index contributed by atoms with van der Waals surface area (Å²) in [5.41, 5.74) is 0.896. The second kappa shape index (κ2) is 11.5. The first-order valence-corrected chi connectivity index (χ1v) is 14.0. The van der Waals surface area contributed by atoms with Crippen LogP contribution in [0.2, 0.25) is 5.02 Å². The maximum Gasteiger partial charge on any atom is 0.303 e. The van der Waals surface area contributed by atoms with Gasteiger partial charge in [0, 0.05) is 37.2 Å². The van der Waals surface area contributed by atoms with Crippen molar-refractivity contribution in [3.05, 3.63) is 68.6 Å². The van der Waals surface area contributed by atoms with Crippen LogP contribution >= 0.6 is 34.3 Å². The maximum absolute atomic E-state index is 15.1. The summed E-state index contributed by atoms with van der Waals surface area (Å²) in [5.74, 6) is -2.19. The number of thiazole rings is 2. The third-order valence-electron chi connectivity index (χ3n) is 6.43. The van der Waals surface area contributed by atoms with E-state index in [9.17, 15) is 14.0 Å². The van der Waals surface area contributed by atoms with Gasteiger partial charge in [0.05, 0.1) is 45.9 Å². The lowest BCUT2D eigenvalue weighted by Gasteiger charge is -2.23. The summed E-state index contributed by atoms with van der Waals surface area (Å²) in [6, 6.07) is 6.55. The highest BCUT2D eigenvalue weighted by atomic mass is 35.5. The molecule has 204 valence electrons. The summed E-state index contributed by atoms with van der Waals surface area (Å²) >= 11 is 9.08. The predicted molar refractivity (Wildman–Crippen MR) is 146 cm³/mol.